The Kier molecular flexibility index (Phi) is 3.33. The zero-order chi connectivity index (χ0) is 10.9. The van der Waals surface area contributed by atoms with Gasteiger partial charge >= 0.3 is 0 Å². The van der Waals surface area contributed by atoms with Gasteiger partial charge in [-0.1, -0.05) is 12.1 Å². The lowest BCUT2D eigenvalue weighted by Gasteiger charge is -2.26. The molecular formula is C12H16INO. The van der Waals surface area contributed by atoms with Crippen molar-refractivity contribution in [2.24, 2.45) is 11.7 Å². The van der Waals surface area contributed by atoms with Crippen LogP contribution in [0, 0.1) is 9.49 Å². The zero-order valence-electron chi connectivity index (χ0n) is 8.62. The smallest absolute Gasteiger partial charge is 0.0837 e. The summed E-state index contributed by atoms with van der Waals surface area (Å²) in [4.78, 5) is 0. The maximum Gasteiger partial charge on any atom is 0.0837 e. The number of hydrogen-bond acceptors (Lipinski definition) is 2. The molecule has 0 saturated heterocycles. The molecule has 0 aliphatic heterocycles. The molecule has 82 valence electrons. The van der Waals surface area contributed by atoms with E-state index in [1.54, 1.807) is 0 Å². The Morgan fingerprint density at radius 1 is 1.33 bits per heavy atom. The summed E-state index contributed by atoms with van der Waals surface area (Å²) in [5, 5.41) is 10.4. The molecule has 1 fully saturated rings. The molecule has 3 heteroatoms. The summed E-state index contributed by atoms with van der Waals surface area (Å²) < 4.78 is 1.22. The predicted octanol–water partition coefficient (Wildman–Crippen LogP) is 1.93. The van der Waals surface area contributed by atoms with Crippen LogP contribution in [0.3, 0.4) is 0 Å². The van der Waals surface area contributed by atoms with E-state index in [-0.39, 0.29) is 0 Å². The first-order chi connectivity index (χ1) is 7.14. The molecule has 0 aromatic heterocycles. The first kappa shape index (κ1) is 11.4. The minimum absolute atomic E-state index is 0.365. The van der Waals surface area contributed by atoms with Crippen LogP contribution in [0.1, 0.15) is 18.4 Å². The first-order valence-corrected chi connectivity index (χ1v) is 6.39. The molecule has 0 radical (unpaired) electrons. The van der Waals surface area contributed by atoms with E-state index in [2.05, 4.69) is 46.9 Å². The van der Waals surface area contributed by atoms with Crippen molar-refractivity contribution in [1.29, 1.82) is 0 Å². The fourth-order valence-corrected chi connectivity index (χ4v) is 2.32. The molecule has 0 bridgehead atoms. The molecule has 2 nitrogen and oxygen atoms in total. The van der Waals surface area contributed by atoms with Gasteiger partial charge in [-0.2, -0.15) is 0 Å². The SMILES string of the molecule is NCC(O)(Cc1ccc(I)cc1)C1CC1. The van der Waals surface area contributed by atoms with E-state index in [0.717, 1.165) is 12.8 Å². The molecule has 2 rings (SSSR count). The molecule has 1 aliphatic rings. The third kappa shape index (κ3) is 2.71. The van der Waals surface area contributed by atoms with Gasteiger partial charge < -0.3 is 10.8 Å². The number of halogens is 1. The summed E-state index contributed by atoms with van der Waals surface area (Å²) in [5.74, 6) is 0.418. The number of nitrogens with two attached hydrogens (primary N) is 1. The van der Waals surface area contributed by atoms with Gasteiger partial charge in [0, 0.05) is 16.5 Å². The molecule has 0 heterocycles. The van der Waals surface area contributed by atoms with Gasteiger partial charge in [0.25, 0.3) is 0 Å². The van der Waals surface area contributed by atoms with Crippen molar-refractivity contribution >= 4 is 22.6 Å². The highest BCUT2D eigenvalue weighted by molar-refractivity contribution is 14.1. The van der Waals surface area contributed by atoms with E-state index in [4.69, 9.17) is 5.73 Å². The van der Waals surface area contributed by atoms with Gasteiger partial charge in [0.05, 0.1) is 5.60 Å². The van der Waals surface area contributed by atoms with Crippen LogP contribution in [0.15, 0.2) is 24.3 Å². The van der Waals surface area contributed by atoms with E-state index in [9.17, 15) is 5.11 Å². The Morgan fingerprint density at radius 3 is 2.40 bits per heavy atom. The fraction of sp³-hybridized carbons (Fsp3) is 0.500. The second-order valence-electron chi connectivity index (χ2n) is 4.39. The van der Waals surface area contributed by atoms with E-state index in [1.807, 2.05) is 0 Å². The molecule has 1 unspecified atom stereocenters. The van der Waals surface area contributed by atoms with Crippen molar-refractivity contribution in [3.63, 3.8) is 0 Å². The van der Waals surface area contributed by atoms with Crippen LogP contribution in [0.2, 0.25) is 0 Å². The average molecular weight is 317 g/mol. The van der Waals surface area contributed by atoms with Crippen LogP contribution in [-0.2, 0) is 6.42 Å². The standard InChI is InChI=1S/C12H16INO/c13-11-5-1-9(2-6-11)7-12(15,8-14)10-3-4-10/h1-2,5-6,10,15H,3-4,7-8,14H2. The van der Waals surface area contributed by atoms with Gasteiger partial charge in [-0.05, 0) is 59.0 Å². The van der Waals surface area contributed by atoms with Crippen LogP contribution < -0.4 is 5.73 Å². The highest BCUT2D eigenvalue weighted by Gasteiger charge is 2.42. The second-order valence-corrected chi connectivity index (χ2v) is 5.63. The molecule has 3 N–H and O–H groups in total. The first-order valence-electron chi connectivity index (χ1n) is 5.31. The average Bonchev–Trinajstić information content (AvgIpc) is 3.05. The quantitative estimate of drug-likeness (QED) is 0.834. The Labute approximate surface area is 104 Å². The van der Waals surface area contributed by atoms with Crippen LogP contribution >= 0.6 is 22.6 Å². The molecule has 1 aromatic rings. The predicted molar refractivity (Wildman–Crippen MR) is 69.6 cm³/mol. The summed E-state index contributed by atoms with van der Waals surface area (Å²) in [6.45, 7) is 0.365. The Morgan fingerprint density at radius 2 is 1.93 bits per heavy atom. The van der Waals surface area contributed by atoms with Crippen molar-refractivity contribution in [1.82, 2.24) is 0 Å². The molecule has 0 amide bonds. The summed E-state index contributed by atoms with van der Waals surface area (Å²) in [5.41, 5.74) is 6.18. The number of hydrogen-bond donors (Lipinski definition) is 2. The molecule has 1 aromatic carbocycles. The Balaban J connectivity index is 2.09. The molecule has 1 atom stereocenters. The third-order valence-electron chi connectivity index (χ3n) is 3.11. The summed E-state index contributed by atoms with van der Waals surface area (Å²) in [6, 6.07) is 8.29. The summed E-state index contributed by atoms with van der Waals surface area (Å²) in [6.07, 6.45) is 2.93. The third-order valence-corrected chi connectivity index (χ3v) is 3.83. The molecule has 15 heavy (non-hydrogen) atoms. The second kappa shape index (κ2) is 4.39. The zero-order valence-corrected chi connectivity index (χ0v) is 10.8. The largest absolute Gasteiger partial charge is 0.388 e. The molecular weight excluding hydrogens is 301 g/mol. The molecule has 1 aliphatic carbocycles. The fourth-order valence-electron chi connectivity index (χ4n) is 1.96. The minimum Gasteiger partial charge on any atom is -0.388 e. The Hall–Kier alpha value is -0.130. The van der Waals surface area contributed by atoms with Crippen molar-refractivity contribution in [2.45, 2.75) is 24.9 Å². The normalized spacial score (nSPS) is 19.9. The van der Waals surface area contributed by atoms with Gasteiger partial charge in [0.15, 0.2) is 0 Å². The lowest BCUT2D eigenvalue weighted by Crippen LogP contribution is -2.42. The number of aliphatic hydroxyl groups is 1. The highest BCUT2D eigenvalue weighted by atomic mass is 127. The van der Waals surface area contributed by atoms with Gasteiger partial charge in [0.2, 0.25) is 0 Å². The van der Waals surface area contributed by atoms with E-state index >= 15 is 0 Å². The van der Waals surface area contributed by atoms with Crippen LogP contribution in [0.4, 0.5) is 0 Å². The van der Waals surface area contributed by atoms with Crippen molar-refractivity contribution in [2.75, 3.05) is 6.54 Å². The molecule has 0 spiro atoms. The van der Waals surface area contributed by atoms with Crippen molar-refractivity contribution in [3.05, 3.63) is 33.4 Å². The van der Waals surface area contributed by atoms with E-state index in [0.29, 0.717) is 18.9 Å². The number of benzene rings is 1. The summed E-state index contributed by atoms with van der Waals surface area (Å²) >= 11 is 2.28. The van der Waals surface area contributed by atoms with Crippen LogP contribution in [0.5, 0.6) is 0 Å². The van der Waals surface area contributed by atoms with Gasteiger partial charge in [-0.3, -0.25) is 0 Å². The number of rotatable bonds is 4. The maximum atomic E-state index is 10.4. The lowest BCUT2D eigenvalue weighted by molar-refractivity contribution is 0.0267. The van der Waals surface area contributed by atoms with Gasteiger partial charge in [0.1, 0.15) is 0 Å². The monoisotopic (exact) mass is 317 g/mol. The topological polar surface area (TPSA) is 46.2 Å². The summed E-state index contributed by atoms with van der Waals surface area (Å²) in [7, 11) is 0. The van der Waals surface area contributed by atoms with Crippen LogP contribution in [0.25, 0.3) is 0 Å². The highest BCUT2D eigenvalue weighted by Crippen LogP contribution is 2.40. The maximum absolute atomic E-state index is 10.4. The van der Waals surface area contributed by atoms with E-state index < -0.39 is 5.60 Å². The Bertz CT molecular complexity index is 334. The van der Waals surface area contributed by atoms with Crippen molar-refractivity contribution in [3.8, 4) is 0 Å². The van der Waals surface area contributed by atoms with E-state index in [1.165, 1.54) is 9.13 Å². The van der Waals surface area contributed by atoms with Crippen LogP contribution in [-0.4, -0.2) is 17.3 Å². The van der Waals surface area contributed by atoms with Crippen molar-refractivity contribution < 1.29 is 5.11 Å². The molecule has 1 saturated carbocycles. The van der Waals surface area contributed by atoms with Gasteiger partial charge in [-0.25, -0.2) is 0 Å². The lowest BCUT2D eigenvalue weighted by atomic mass is 9.90. The minimum atomic E-state index is -0.674. The van der Waals surface area contributed by atoms with Gasteiger partial charge in [-0.15, -0.1) is 0 Å².